The van der Waals surface area contributed by atoms with Gasteiger partial charge in [0.1, 0.15) is 5.69 Å². The molecule has 0 saturated carbocycles. The highest BCUT2D eigenvalue weighted by Gasteiger charge is 2.18. The van der Waals surface area contributed by atoms with Crippen LogP contribution in [-0.4, -0.2) is 20.9 Å². The molecular weight excluding hydrogens is 456 g/mol. The Kier molecular flexibility index (Phi) is 7.24. The van der Waals surface area contributed by atoms with Crippen LogP contribution in [0.2, 0.25) is 0 Å². The number of benzene rings is 2. The van der Waals surface area contributed by atoms with Crippen LogP contribution in [0.5, 0.6) is 0 Å². The molecule has 4 rings (SSSR count). The molecule has 32 heavy (non-hydrogen) atoms. The number of nitrogens with one attached hydrogen (secondary N) is 1. The van der Waals surface area contributed by atoms with E-state index in [0.717, 1.165) is 15.5 Å². The second-order valence-corrected chi connectivity index (χ2v) is 10.5. The van der Waals surface area contributed by atoms with Gasteiger partial charge in [0.2, 0.25) is 0 Å². The molecule has 2 heterocycles. The van der Waals surface area contributed by atoms with Crippen LogP contribution in [-0.2, 0) is 5.75 Å². The summed E-state index contributed by atoms with van der Waals surface area (Å²) < 4.78 is 0. The van der Waals surface area contributed by atoms with E-state index in [1.807, 2.05) is 50.2 Å². The van der Waals surface area contributed by atoms with Gasteiger partial charge in [0.05, 0.1) is 4.90 Å². The summed E-state index contributed by atoms with van der Waals surface area (Å²) in [4.78, 5) is 29.3. The Hall–Kier alpha value is -2.68. The molecule has 0 atom stereocenters. The normalized spacial score (nSPS) is 10.8. The molecule has 0 aliphatic rings. The van der Waals surface area contributed by atoms with Crippen molar-refractivity contribution >= 4 is 45.9 Å². The van der Waals surface area contributed by atoms with Crippen LogP contribution in [0.3, 0.4) is 0 Å². The lowest BCUT2D eigenvalue weighted by Gasteiger charge is -2.10. The zero-order valence-corrected chi connectivity index (χ0v) is 20.4. The van der Waals surface area contributed by atoms with Crippen molar-refractivity contribution in [3.05, 3.63) is 88.2 Å². The van der Waals surface area contributed by atoms with Gasteiger partial charge in [-0.05, 0) is 44.0 Å². The number of carbonyl (C=O) groups excluding carboxylic acids is 1. The average Bonchev–Trinajstić information content (AvgIpc) is 3.20. The molecule has 0 bridgehead atoms. The van der Waals surface area contributed by atoms with Crippen LogP contribution in [0.15, 0.2) is 75.9 Å². The first-order valence-electron chi connectivity index (χ1n) is 10.0. The largest absolute Gasteiger partial charge is 0.296 e. The van der Waals surface area contributed by atoms with E-state index in [9.17, 15) is 4.79 Å². The number of nitrogens with zero attached hydrogens (tertiary/aromatic N) is 3. The molecule has 0 aliphatic heterocycles. The minimum absolute atomic E-state index is 0.283. The lowest BCUT2D eigenvalue weighted by atomic mass is 10.1. The summed E-state index contributed by atoms with van der Waals surface area (Å²) in [5, 5.41) is 4.01. The molecule has 0 saturated heterocycles. The topological polar surface area (TPSA) is 67.8 Å². The van der Waals surface area contributed by atoms with Gasteiger partial charge in [-0.2, -0.15) is 0 Å². The summed E-state index contributed by atoms with van der Waals surface area (Å²) in [5.74, 6) is 0.457. The highest BCUT2D eigenvalue weighted by Crippen LogP contribution is 2.32. The third kappa shape index (κ3) is 5.76. The maximum atomic E-state index is 13.1. The number of carbonyl (C=O) groups is 1. The first-order valence-corrected chi connectivity index (χ1v) is 12.6. The van der Waals surface area contributed by atoms with E-state index in [1.54, 1.807) is 12.4 Å². The summed E-state index contributed by atoms with van der Waals surface area (Å²) in [6.45, 7) is 6.09. The highest BCUT2D eigenvalue weighted by atomic mass is 32.2. The van der Waals surface area contributed by atoms with E-state index in [-0.39, 0.29) is 5.91 Å². The van der Waals surface area contributed by atoms with E-state index in [1.165, 1.54) is 51.6 Å². The summed E-state index contributed by atoms with van der Waals surface area (Å²) >= 11 is 4.44. The molecule has 2 aromatic heterocycles. The van der Waals surface area contributed by atoms with Gasteiger partial charge in [-0.15, -0.1) is 11.3 Å². The summed E-state index contributed by atoms with van der Waals surface area (Å²) in [5.41, 5.74) is 3.99. The highest BCUT2D eigenvalue weighted by molar-refractivity contribution is 7.99. The Morgan fingerprint density at radius 2 is 1.78 bits per heavy atom. The Morgan fingerprint density at radius 1 is 1.00 bits per heavy atom. The number of amides is 1. The minimum atomic E-state index is -0.283. The van der Waals surface area contributed by atoms with Gasteiger partial charge in [0.25, 0.3) is 5.91 Å². The predicted molar refractivity (Wildman–Crippen MR) is 133 cm³/mol. The summed E-state index contributed by atoms with van der Waals surface area (Å²) in [7, 11) is 0. The third-order valence-electron chi connectivity index (χ3n) is 4.66. The second kappa shape index (κ2) is 10.3. The van der Waals surface area contributed by atoms with Crippen molar-refractivity contribution in [3.8, 4) is 0 Å². The van der Waals surface area contributed by atoms with Crippen molar-refractivity contribution < 1.29 is 4.79 Å². The number of rotatable bonds is 7. The molecule has 2 aromatic carbocycles. The number of thiazole rings is 1. The van der Waals surface area contributed by atoms with Gasteiger partial charge in [0, 0.05) is 27.9 Å². The Morgan fingerprint density at radius 3 is 2.50 bits per heavy atom. The lowest BCUT2D eigenvalue weighted by Crippen LogP contribution is -2.15. The van der Waals surface area contributed by atoms with Crippen LogP contribution in [0.25, 0.3) is 0 Å². The first-order chi connectivity index (χ1) is 15.5. The standard InChI is InChI=1S/C24H22N4OS3/c1-15-8-10-19(11-9-15)32-20-13-26-23(30-14-18-7-5-4-6-16(18)2)27-21(20)22(29)28-24-25-12-17(3)31-24/h4-13H,14H2,1-3H3,(H,25,28,29). The van der Waals surface area contributed by atoms with Crippen molar-refractivity contribution in [2.75, 3.05) is 5.32 Å². The quantitative estimate of drug-likeness (QED) is 0.240. The molecule has 0 radical (unpaired) electrons. The van der Waals surface area contributed by atoms with E-state index in [0.29, 0.717) is 20.9 Å². The molecule has 4 aromatic rings. The Bertz CT molecular complexity index is 1240. The number of aryl methyl sites for hydroxylation is 3. The van der Waals surface area contributed by atoms with Crippen LogP contribution >= 0.6 is 34.9 Å². The van der Waals surface area contributed by atoms with E-state index < -0.39 is 0 Å². The number of thioether (sulfide) groups is 1. The second-order valence-electron chi connectivity index (χ2n) is 7.23. The van der Waals surface area contributed by atoms with Crippen molar-refractivity contribution in [1.29, 1.82) is 0 Å². The first kappa shape index (κ1) is 22.5. The zero-order chi connectivity index (χ0) is 22.5. The molecule has 8 heteroatoms. The average molecular weight is 479 g/mol. The van der Waals surface area contributed by atoms with Crippen LogP contribution in [0.1, 0.15) is 32.1 Å². The number of hydrogen-bond acceptors (Lipinski definition) is 7. The van der Waals surface area contributed by atoms with Crippen LogP contribution in [0, 0.1) is 20.8 Å². The fourth-order valence-electron chi connectivity index (χ4n) is 2.88. The lowest BCUT2D eigenvalue weighted by molar-refractivity contribution is 0.101. The number of aromatic nitrogens is 3. The third-order valence-corrected chi connectivity index (χ3v) is 7.42. The molecule has 0 fully saturated rings. The summed E-state index contributed by atoms with van der Waals surface area (Å²) in [6.07, 6.45) is 3.48. The summed E-state index contributed by atoms with van der Waals surface area (Å²) in [6, 6.07) is 16.4. The molecule has 0 unspecified atom stereocenters. The SMILES string of the molecule is Cc1ccc(Sc2cnc(SCc3ccccc3C)nc2C(=O)Nc2ncc(C)s2)cc1. The molecule has 1 amide bonds. The van der Waals surface area contributed by atoms with Crippen molar-refractivity contribution in [2.24, 2.45) is 0 Å². The Balaban J connectivity index is 1.60. The number of hydrogen-bond donors (Lipinski definition) is 1. The van der Waals surface area contributed by atoms with Gasteiger partial charge in [-0.1, -0.05) is 65.5 Å². The minimum Gasteiger partial charge on any atom is -0.296 e. The zero-order valence-electron chi connectivity index (χ0n) is 18.0. The van der Waals surface area contributed by atoms with Crippen LogP contribution < -0.4 is 5.32 Å². The van der Waals surface area contributed by atoms with Crippen molar-refractivity contribution in [1.82, 2.24) is 15.0 Å². The molecular formula is C24H22N4OS3. The van der Waals surface area contributed by atoms with Gasteiger partial charge >= 0.3 is 0 Å². The van der Waals surface area contributed by atoms with Gasteiger partial charge in [-0.3, -0.25) is 10.1 Å². The maximum Gasteiger partial charge on any atom is 0.277 e. The Labute approximate surface area is 200 Å². The maximum absolute atomic E-state index is 13.1. The fraction of sp³-hybridized carbons (Fsp3) is 0.167. The van der Waals surface area contributed by atoms with Crippen molar-refractivity contribution in [2.45, 2.75) is 41.5 Å². The van der Waals surface area contributed by atoms with Gasteiger partial charge in [-0.25, -0.2) is 15.0 Å². The monoisotopic (exact) mass is 478 g/mol. The fourth-order valence-corrected chi connectivity index (χ4v) is 5.30. The molecule has 162 valence electrons. The van der Waals surface area contributed by atoms with E-state index >= 15 is 0 Å². The van der Waals surface area contributed by atoms with Gasteiger partial charge in [0.15, 0.2) is 10.3 Å². The van der Waals surface area contributed by atoms with E-state index in [2.05, 4.69) is 39.3 Å². The van der Waals surface area contributed by atoms with Gasteiger partial charge < -0.3 is 0 Å². The van der Waals surface area contributed by atoms with Crippen LogP contribution in [0.4, 0.5) is 5.13 Å². The molecule has 5 nitrogen and oxygen atoms in total. The predicted octanol–water partition coefficient (Wildman–Crippen LogP) is 6.55. The molecule has 0 spiro atoms. The smallest absolute Gasteiger partial charge is 0.277 e. The number of anilines is 1. The molecule has 1 N–H and O–H groups in total. The molecule has 0 aliphatic carbocycles. The van der Waals surface area contributed by atoms with Crippen molar-refractivity contribution in [3.63, 3.8) is 0 Å². The van der Waals surface area contributed by atoms with E-state index in [4.69, 9.17) is 0 Å².